The fraction of sp³-hybridized carbons (Fsp3) is 0.292. The number of rotatable bonds is 2. The summed E-state index contributed by atoms with van der Waals surface area (Å²) in [6.07, 6.45) is 2.30. The Hall–Kier alpha value is -2.43. The van der Waals surface area contributed by atoms with Gasteiger partial charge in [0, 0.05) is 30.7 Å². The molecule has 2 aliphatic rings. The molecule has 1 amide bonds. The van der Waals surface area contributed by atoms with Crippen LogP contribution in [-0.4, -0.2) is 36.0 Å². The second-order valence-corrected chi connectivity index (χ2v) is 8.05. The zero-order valence-corrected chi connectivity index (χ0v) is 17.2. The topological polar surface area (TPSA) is 32.3 Å². The smallest absolute Gasteiger partial charge is 0.254 e. The normalized spacial score (nSPS) is 17.2. The molecule has 0 atom stereocenters. The van der Waals surface area contributed by atoms with Gasteiger partial charge < -0.3 is 10.2 Å². The quantitative estimate of drug-likeness (QED) is 0.648. The molecule has 1 saturated carbocycles. The number of piperazine rings is 1. The van der Waals surface area contributed by atoms with E-state index in [1.165, 1.54) is 6.07 Å². The maximum absolute atomic E-state index is 14.1. The second kappa shape index (κ2) is 7.43. The van der Waals surface area contributed by atoms with Gasteiger partial charge in [-0.25, -0.2) is 4.39 Å². The van der Waals surface area contributed by atoms with Gasteiger partial charge >= 0.3 is 0 Å². The van der Waals surface area contributed by atoms with Crippen molar-refractivity contribution in [3.63, 3.8) is 0 Å². The second-order valence-electron chi connectivity index (χ2n) is 8.05. The Morgan fingerprint density at radius 2 is 1.69 bits per heavy atom. The van der Waals surface area contributed by atoms with Crippen molar-refractivity contribution in [3.8, 4) is 11.1 Å². The molecule has 1 aliphatic heterocycles. The lowest BCUT2D eigenvalue weighted by Crippen LogP contribution is -2.54. The number of benzene rings is 3. The predicted octanol–water partition coefficient (Wildman–Crippen LogP) is 4.95. The third-order valence-electron chi connectivity index (χ3n) is 6.23. The highest BCUT2D eigenvalue weighted by Gasteiger charge is 2.46. The first kappa shape index (κ1) is 19.9. The maximum Gasteiger partial charge on any atom is 0.254 e. The number of nitrogens with zero attached hydrogens (tertiary/aromatic N) is 1. The summed E-state index contributed by atoms with van der Waals surface area (Å²) in [5.74, 6) is -0.122. The number of hydrogen-bond acceptors (Lipinski definition) is 2. The van der Waals surface area contributed by atoms with Gasteiger partial charge in [-0.1, -0.05) is 42.5 Å². The first-order valence-corrected chi connectivity index (χ1v) is 9.90. The van der Waals surface area contributed by atoms with E-state index in [4.69, 9.17) is 0 Å². The van der Waals surface area contributed by atoms with Gasteiger partial charge in [-0.3, -0.25) is 4.79 Å². The molecule has 1 spiro atoms. The fourth-order valence-electron chi connectivity index (χ4n) is 4.42. The molecule has 1 aliphatic carbocycles. The Labute approximate surface area is 176 Å². The van der Waals surface area contributed by atoms with Crippen molar-refractivity contribution in [2.45, 2.75) is 25.3 Å². The number of nitrogens with one attached hydrogen (secondary N) is 1. The van der Waals surface area contributed by atoms with Gasteiger partial charge in [0.25, 0.3) is 5.91 Å². The molecule has 0 unspecified atom stereocenters. The number of carbonyl (C=O) groups excluding carboxylic acids is 1. The number of fused-ring (bicyclic) bond motifs is 1. The van der Waals surface area contributed by atoms with E-state index in [-0.39, 0.29) is 29.7 Å². The zero-order chi connectivity index (χ0) is 19.3. The monoisotopic (exact) mass is 410 g/mol. The lowest BCUT2D eigenvalue weighted by atomic mass is 9.92. The molecule has 0 bridgehead atoms. The number of halogens is 2. The molecular weight excluding hydrogens is 387 g/mol. The highest BCUT2D eigenvalue weighted by molar-refractivity contribution is 6.10. The molecule has 3 nitrogen and oxygen atoms in total. The van der Waals surface area contributed by atoms with E-state index in [0.717, 1.165) is 59.9 Å². The van der Waals surface area contributed by atoms with Crippen LogP contribution in [0.15, 0.2) is 54.6 Å². The molecule has 2 fully saturated rings. The van der Waals surface area contributed by atoms with Crippen LogP contribution in [0.5, 0.6) is 0 Å². The zero-order valence-electron chi connectivity index (χ0n) is 16.4. The van der Waals surface area contributed by atoms with Gasteiger partial charge in [-0.15, -0.1) is 12.4 Å². The van der Waals surface area contributed by atoms with Crippen molar-refractivity contribution >= 4 is 29.1 Å². The number of hydrogen-bond donors (Lipinski definition) is 1. The van der Waals surface area contributed by atoms with Crippen LogP contribution in [0, 0.1) is 12.7 Å². The summed E-state index contributed by atoms with van der Waals surface area (Å²) in [7, 11) is 0. The van der Waals surface area contributed by atoms with E-state index in [1.54, 1.807) is 13.0 Å². The Morgan fingerprint density at radius 3 is 2.48 bits per heavy atom. The van der Waals surface area contributed by atoms with Gasteiger partial charge in [0.1, 0.15) is 5.82 Å². The van der Waals surface area contributed by atoms with Crippen LogP contribution >= 0.6 is 12.4 Å². The lowest BCUT2D eigenvalue weighted by Gasteiger charge is -2.34. The summed E-state index contributed by atoms with van der Waals surface area (Å²) in [4.78, 5) is 15.3. The van der Waals surface area contributed by atoms with Crippen molar-refractivity contribution in [2.24, 2.45) is 0 Å². The summed E-state index contributed by atoms with van der Waals surface area (Å²) in [5.41, 5.74) is 3.34. The Kier molecular flexibility index (Phi) is 5.09. The van der Waals surface area contributed by atoms with Gasteiger partial charge in [0.2, 0.25) is 0 Å². The van der Waals surface area contributed by atoms with E-state index < -0.39 is 0 Å². The highest BCUT2D eigenvalue weighted by Crippen LogP contribution is 2.38. The summed E-state index contributed by atoms with van der Waals surface area (Å²) in [5, 5.41) is 5.47. The van der Waals surface area contributed by atoms with E-state index in [9.17, 15) is 9.18 Å². The summed E-state index contributed by atoms with van der Waals surface area (Å²) in [6, 6.07) is 17.0. The van der Waals surface area contributed by atoms with Crippen LogP contribution in [0.1, 0.15) is 28.8 Å². The van der Waals surface area contributed by atoms with Crippen LogP contribution in [0.4, 0.5) is 4.39 Å². The summed E-state index contributed by atoms with van der Waals surface area (Å²) >= 11 is 0. The molecule has 1 N–H and O–H groups in total. The minimum absolute atomic E-state index is 0. The molecule has 5 heteroatoms. The highest BCUT2D eigenvalue weighted by atomic mass is 35.5. The largest absolute Gasteiger partial charge is 0.336 e. The Morgan fingerprint density at radius 1 is 1.00 bits per heavy atom. The summed E-state index contributed by atoms with van der Waals surface area (Å²) < 4.78 is 14.1. The van der Waals surface area contributed by atoms with Gasteiger partial charge in [-0.05, 0) is 59.4 Å². The number of amides is 1. The lowest BCUT2D eigenvalue weighted by molar-refractivity contribution is 0.0693. The average Bonchev–Trinajstić information content (AvgIpc) is 3.47. The molecule has 0 aromatic heterocycles. The van der Waals surface area contributed by atoms with Crippen molar-refractivity contribution in [3.05, 3.63) is 71.5 Å². The average molecular weight is 411 g/mol. The molecule has 0 radical (unpaired) electrons. The molecular formula is C24H24ClFN2O. The predicted molar refractivity (Wildman–Crippen MR) is 117 cm³/mol. The van der Waals surface area contributed by atoms with E-state index in [0.29, 0.717) is 5.56 Å². The first-order valence-electron chi connectivity index (χ1n) is 9.90. The van der Waals surface area contributed by atoms with Crippen molar-refractivity contribution in [1.29, 1.82) is 0 Å². The maximum atomic E-state index is 14.1. The minimum atomic E-state index is -0.211. The molecule has 1 heterocycles. The van der Waals surface area contributed by atoms with Crippen LogP contribution in [-0.2, 0) is 0 Å². The third-order valence-corrected chi connectivity index (χ3v) is 6.23. The van der Waals surface area contributed by atoms with Gasteiger partial charge in [0.05, 0.1) is 0 Å². The molecule has 29 heavy (non-hydrogen) atoms. The van der Waals surface area contributed by atoms with Crippen LogP contribution in [0.25, 0.3) is 21.9 Å². The molecule has 1 saturated heterocycles. The van der Waals surface area contributed by atoms with Crippen molar-refractivity contribution < 1.29 is 9.18 Å². The van der Waals surface area contributed by atoms with E-state index in [2.05, 4.69) is 5.32 Å². The third kappa shape index (κ3) is 3.41. The van der Waals surface area contributed by atoms with E-state index in [1.807, 2.05) is 47.4 Å². The Balaban J connectivity index is 0.00000205. The first-order chi connectivity index (χ1) is 13.6. The Bertz CT molecular complexity index is 1090. The van der Waals surface area contributed by atoms with Gasteiger partial charge in [0.15, 0.2) is 0 Å². The van der Waals surface area contributed by atoms with Crippen LogP contribution in [0.3, 0.4) is 0 Å². The van der Waals surface area contributed by atoms with E-state index >= 15 is 0 Å². The summed E-state index contributed by atoms with van der Waals surface area (Å²) in [6.45, 7) is 4.17. The van der Waals surface area contributed by atoms with Crippen LogP contribution < -0.4 is 5.32 Å². The minimum Gasteiger partial charge on any atom is -0.336 e. The molecule has 150 valence electrons. The SMILES string of the molecule is Cc1c(F)cccc1-c1cccc2c(C(=O)N3CCNC4(CC4)C3)cccc12.Cl. The van der Waals surface area contributed by atoms with Gasteiger partial charge in [-0.2, -0.15) is 0 Å². The van der Waals surface area contributed by atoms with Crippen LogP contribution in [0.2, 0.25) is 0 Å². The van der Waals surface area contributed by atoms with Crippen molar-refractivity contribution in [2.75, 3.05) is 19.6 Å². The number of carbonyl (C=O) groups is 1. The van der Waals surface area contributed by atoms with Crippen molar-refractivity contribution in [1.82, 2.24) is 10.2 Å². The molecule has 5 rings (SSSR count). The molecule has 3 aromatic rings. The fourth-order valence-corrected chi connectivity index (χ4v) is 4.42. The standard InChI is InChI=1S/C24H23FN2O.ClH/c1-16-17(5-4-10-22(16)25)18-6-2-8-20-19(18)7-3-9-21(20)23(28)27-14-13-26-24(15-27)11-12-24;/h2-10,26H,11-15H2,1H3;1H. The molecule has 3 aromatic carbocycles.